The molecule has 33 heavy (non-hydrogen) atoms. The monoisotopic (exact) mass is 496 g/mol. The van der Waals surface area contributed by atoms with Crippen molar-refractivity contribution in [1.29, 1.82) is 5.41 Å². The predicted octanol–water partition coefficient (Wildman–Crippen LogP) is 6.57. The summed E-state index contributed by atoms with van der Waals surface area (Å²) < 4.78 is 50.8. The first-order chi connectivity index (χ1) is 15.6. The number of benzene rings is 3. The number of aromatic hydroxyl groups is 1. The van der Waals surface area contributed by atoms with E-state index in [1.165, 1.54) is 36.4 Å². The number of rotatable bonds is 7. The molecule has 172 valence electrons. The van der Waals surface area contributed by atoms with Gasteiger partial charge in [0.05, 0.1) is 10.7 Å². The maximum Gasteiger partial charge on any atom is 0.436 e. The van der Waals surface area contributed by atoms with Crippen LogP contribution in [0.3, 0.4) is 0 Å². The zero-order valence-electron chi connectivity index (χ0n) is 16.8. The van der Waals surface area contributed by atoms with Crippen molar-refractivity contribution >= 4 is 34.6 Å². The van der Waals surface area contributed by atoms with Gasteiger partial charge in [0.15, 0.2) is 11.5 Å². The smallest absolute Gasteiger partial charge is 0.436 e. The molecule has 0 aliphatic carbocycles. The minimum absolute atomic E-state index is 0.0212. The molecule has 10 heteroatoms. The van der Waals surface area contributed by atoms with E-state index in [0.29, 0.717) is 5.02 Å². The first-order valence-electron chi connectivity index (χ1n) is 9.35. The lowest BCUT2D eigenvalue weighted by Gasteiger charge is -2.18. The zero-order chi connectivity index (χ0) is 24.2. The molecule has 0 fully saturated rings. The number of para-hydroxylation sites is 1. The molecule has 0 radical (unpaired) electrons. The number of alkyl halides is 3. The summed E-state index contributed by atoms with van der Waals surface area (Å²) in [5, 5.41) is 18.5. The molecule has 0 amide bonds. The molecule has 3 rings (SSSR count). The van der Waals surface area contributed by atoms with Gasteiger partial charge in [-0.05, 0) is 42.0 Å². The summed E-state index contributed by atoms with van der Waals surface area (Å²) in [5.74, 6) is -1.34. The lowest BCUT2D eigenvalue weighted by molar-refractivity contribution is -0.0603. The normalized spacial score (nSPS) is 12.2. The Balaban J connectivity index is 1.92. The minimum atomic E-state index is -5.06. The lowest BCUT2D eigenvalue weighted by Crippen LogP contribution is -2.28. The van der Waals surface area contributed by atoms with Crippen LogP contribution in [-0.2, 0) is 6.61 Å². The average Bonchev–Trinajstić information content (AvgIpc) is 2.77. The highest BCUT2D eigenvalue weighted by Gasteiger charge is 2.40. The van der Waals surface area contributed by atoms with Crippen molar-refractivity contribution < 1.29 is 27.8 Å². The number of nitrogens with two attached hydrogens (primary N) is 1. The van der Waals surface area contributed by atoms with E-state index >= 15 is 0 Å². The van der Waals surface area contributed by atoms with Crippen molar-refractivity contribution in [3.05, 3.63) is 93.7 Å². The molecule has 4 N–H and O–H groups in total. The third-order valence-electron chi connectivity index (χ3n) is 4.38. The Kier molecular flexibility index (Phi) is 7.40. The van der Waals surface area contributed by atoms with E-state index in [9.17, 15) is 18.3 Å². The van der Waals surface area contributed by atoms with Crippen LogP contribution in [0, 0.1) is 5.41 Å². The summed E-state index contributed by atoms with van der Waals surface area (Å²) in [6.45, 7) is 0.168. The highest BCUT2D eigenvalue weighted by molar-refractivity contribution is 6.32. The molecular formula is C23H17Cl2F3N2O3. The van der Waals surface area contributed by atoms with Gasteiger partial charge in [-0.3, -0.25) is 5.41 Å². The van der Waals surface area contributed by atoms with Gasteiger partial charge in [0.2, 0.25) is 0 Å². The Bertz CT molecular complexity index is 1200. The standard InChI is InChI=1S/C23H17Cl2F3N2O3/c24-14-7-5-13(6-8-14)12-32-15-9-10-16(18(31)11-15)20(29)21(22(30)23(26,27)28)33-19-4-2-1-3-17(19)25/h1-11,30-31H,12,29H2. The number of phenols is 1. The van der Waals surface area contributed by atoms with Gasteiger partial charge in [-0.25, -0.2) is 0 Å². The summed E-state index contributed by atoms with van der Waals surface area (Å²) in [6, 6.07) is 16.6. The van der Waals surface area contributed by atoms with Crippen LogP contribution in [0.2, 0.25) is 10.0 Å². The minimum Gasteiger partial charge on any atom is -0.507 e. The van der Waals surface area contributed by atoms with Crippen molar-refractivity contribution in [3.8, 4) is 17.2 Å². The summed E-state index contributed by atoms with van der Waals surface area (Å²) in [6.07, 6.45) is -5.06. The van der Waals surface area contributed by atoms with Crippen LogP contribution in [0.4, 0.5) is 13.2 Å². The van der Waals surface area contributed by atoms with E-state index in [4.69, 9.17) is 43.8 Å². The molecule has 0 saturated heterocycles. The molecule has 3 aromatic carbocycles. The SMILES string of the molecule is N=C(C(Oc1ccccc1Cl)=C(N)c1ccc(OCc2ccc(Cl)cc2)cc1O)C(F)(F)F. The fourth-order valence-corrected chi connectivity index (χ4v) is 3.01. The number of hydrogen-bond donors (Lipinski definition) is 3. The highest BCUT2D eigenvalue weighted by Crippen LogP contribution is 2.34. The van der Waals surface area contributed by atoms with Crippen molar-refractivity contribution in [2.75, 3.05) is 0 Å². The Morgan fingerprint density at radius 3 is 2.27 bits per heavy atom. The number of nitrogens with one attached hydrogen (secondary N) is 1. The molecule has 0 aromatic heterocycles. The summed E-state index contributed by atoms with van der Waals surface area (Å²) in [7, 11) is 0. The lowest BCUT2D eigenvalue weighted by atomic mass is 10.1. The van der Waals surface area contributed by atoms with E-state index in [1.807, 2.05) is 0 Å². The highest BCUT2D eigenvalue weighted by atomic mass is 35.5. The Morgan fingerprint density at radius 2 is 1.67 bits per heavy atom. The molecule has 0 saturated carbocycles. The van der Waals surface area contributed by atoms with E-state index in [0.717, 1.165) is 5.56 Å². The van der Waals surface area contributed by atoms with Crippen LogP contribution in [0.25, 0.3) is 5.70 Å². The van der Waals surface area contributed by atoms with Crippen LogP contribution < -0.4 is 15.2 Å². The fraction of sp³-hybridized carbons (Fsp3) is 0.0870. The van der Waals surface area contributed by atoms with Crippen molar-refractivity contribution in [2.45, 2.75) is 12.8 Å². The van der Waals surface area contributed by atoms with Crippen LogP contribution in [0.15, 0.2) is 72.5 Å². The van der Waals surface area contributed by atoms with E-state index in [1.54, 1.807) is 30.3 Å². The molecule has 0 spiro atoms. The molecular weight excluding hydrogens is 480 g/mol. The molecule has 0 unspecified atom stereocenters. The van der Waals surface area contributed by atoms with Gasteiger partial charge in [0.25, 0.3) is 0 Å². The van der Waals surface area contributed by atoms with E-state index in [-0.39, 0.29) is 28.7 Å². The van der Waals surface area contributed by atoms with Crippen molar-refractivity contribution in [1.82, 2.24) is 0 Å². The van der Waals surface area contributed by atoms with Gasteiger partial charge in [0.1, 0.15) is 23.9 Å². The summed E-state index contributed by atoms with van der Waals surface area (Å²) in [4.78, 5) is 0. The largest absolute Gasteiger partial charge is 0.507 e. The third kappa shape index (κ3) is 6.12. The maximum atomic E-state index is 13.3. The summed E-state index contributed by atoms with van der Waals surface area (Å²) >= 11 is 11.8. The summed E-state index contributed by atoms with van der Waals surface area (Å²) in [5.41, 5.74) is 4.13. The van der Waals surface area contributed by atoms with E-state index in [2.05, 4.69) is 0 Å². The van der Waals surface area contributed by atoms with Crippen molar-refractivity contribution in [3.63, 3.8) is 0 Å². The van der Waals surface area contributed by atoms with Gasteiger partial charge in [-0.15, -0.1) is 0 Å². The zero-order valence-corrected chi connectivity index (χ0v) is 18.3. The molecule has 5 nitrogen and oxygen atoms in total. The van der Waals surface area contributed by atoms with Crippen molar-refractivity contribution in [2.24, 2.45) is 5.73 Å². The Morgan fingerprint density at radius 1 is 1.00 bits per heavy atom. The second-order valence-electron chi connectivity index (χ2n) is 6.74. The third-order valence-corrected chi connectivity index (χ3v) is 4.95. The van der Waals surface area contributed by atoms with Gasteiger partial charge in [0, 0.05) is 16.7 Å². The molecule has 0 atom stereocenters. The van der Waals surface area contributed by atoms with Gasteiger partial charge in [-0.2, -0.15) is 13.2 Å². The van der Waals surface area contributed by atoms with E-state index < -0.39 is 29.1 Å². The fourth-order valence-electron chi connectivity index (χ4n) is 2.71. The second kappa shape index (κ2) is 10.1. The molecule has 0 aliphatic rings. The quantitative estimate of drug-likeness (QED) is 0.255. The Hall–Kier alpha value is -3.36. The van der Waals surface area contributed by atoms with Crippen LogP contribution in [0.5, 0.6) is 17.2 Å². The average molecular weight is 497 g/mol. The van der Waals surface area contributed by atoms with Crippen LogP contribution >= 0.6 is 23.2 Å². The number of hydrogen-bond acceptors (Lipinski definition) is 5. The second-order valence-corrected chi connectivity index (χ2v) is 7.59. The molecule has 0 bridgehead atoms. The van der Waals surface area contributed by atoms with Gasteiger partial charge in [-0.1, -0.05) is 47.5 Å². The molecule has 0 heterocycles. The van der Waals surface area contributed by atoms with Gasteiger partial charge < -0.3 is 20.3 Å². The number of allylic oxidation sites excluding steroid dienone is 1. The topological polar surface area (TPSA) is 88.6 Å². The number of ether oxygens (including phenoxy) is 2. The Labute approximate surface area is 197 Å². The van der Waals surface area contributed by atoms with Crippen LogP contribution in [-0.4, -0.2) is 17.0 Å². The molecule has 0 aliphatic heterocycles. The number of phenolic OH excluding ortho intramolecular Hbond substituents is 1. The first-order valence-corrected chi connectivity index (χ1v) is 10.1. The first kappa shape index (κ1) is 24.3. The predicted molar refractivity (Wildman–Crippen MR) is 121 cm³/mol. The van der Waals surface area contributed by atoms with Gasteiger partial charge >= 0.3 is 6.18 Å². The number of halogens is 5. The molecule has 3 aromatic rings. The van der Waals surface area contributed by atoms with Crippen LogP contribution in [0.1, 0.15) is 11.1 Å². The maximum absolute atomic E-state index is 13.3.